The number of benzene rings is 2. The van der Waals surface area contributed by atoms with Crippen LogP contribution in [0.15, 0.2) is 42.5 Å². The molecule has 31 heavy (non-hydrogen) atoms. The maximum atomic E-state index is 14.1. The number of aromatic amines is 1. The normalized spacial score (nSPS) is 18.5. The molecule has 162 valence electrons. The summed E-state index contributed by atoms with van der Waals surface area (Å²) in [4.78, 5) is 18.2. The summed E-state index contributed by atoms with van der Waals surface area (Å²) >= 11 is 0. The fraction of sp³-hybridized carbons (Fsp3) is 0.375. The van der Waals surface area contributed by atoms with E-state index in [4.69, 9.17) is 4.74 Å². The number of anilines is 2. The van der Waals surface area contributed by atoms with Gasteiger partial charge in [-0.15, -0.1) is 0 Å². The van der Waals surface area contributed by atoms with Gasteiger partial charge in [0.25, 0.3) is 5.91 Å². The lowest BCUT2D eigenvalue weighted by Crippen LogP contribution is -2.59. The molecule has 3 N–H and O–H groups in total. The molecular formula is C24H27FN4O2. The monoisotopic (exact) mass is 422 g/mol. The Bertz CT molecular complexity index is 1070. The summed E-state index contributed by atoms with van der Waals surface area (Å²) in [5.41, 5.74) is 3.81. The number of aryl methyl sites for hydroxylation is 1. The van der Waals surface area contributed by atoms with Crippen LogP contribution in [0.5, 0.6) is 0 Å². The topological polar surface area (TPSA) is 69.4 Å². The molecule has 3 heterocycles. The molecule has 0 radical (unpaired) electrons. The molecule has 2 aliphatic rings. The maximum absolute atomic E-state index is 14.1. The third-order valence-corrected chi connectivity index (χ3v) is 6.51. The average molecular weight is 423 g/mol. The Labute approximate surface area is 180 Å². The van der Waals surface area contributed by atoms with Crippen LogP contribution in [0, 0.1) is 12.7 Å². The molecule has 0 atom stereocenters. The number of amides is 1. The first-order valence-corrected chi connectivity index (χ1v) is 10.8. The number of rotatable bonds is 3. The van der Waals surface area contributed by atoms with Crippen LogP contribution in [0.3, 0.4) is 0 Å². The maximum Gasteiger partial charge on any atom is 0.272 e. The number of ether oxygens (including phenoxy) is 1. The highest BCUT2D eigenvalue weighted by Crippen LogP contribution is 2.29. The molecule has 0 saturated carbocycles. The third-order valence-electron chi connectivity index (χ3n) is 6.51. The van der Waals surface area contributed by atoms with Gasteiger partial charge >= 0.3 is 0 Å². The number of nitrogens with one attached hydrogen (secondary N) is 3. The number of nitrogens with zero attached hydrogens (tertiary/aromatic N) is 1. The summed E-state index contributed by atoms with van der Waals surface area (Å²) in [5.74, 6) is -0.619. The average Bonchev–Trinajstić information content (AvgIpc) is 3.25. The highest BCUT2D eigenvalue weighted by atomic mass is 19.1. The van der Waals surface area contributed by atoms with Crippen LogP contribution in [0.2, 0.25) is 0 Å². The molecule has 3 aromatic rings. The molecule has 2 saturated heterocycles. The second-order valence-corrected chi connectivity index (χ2v) is 8.59. The Kier molecular flexibility index (Phi) is 5.16. The number of hydrogen-bond donors (Lipinski definition) is 3. The molecule has 2 aromatic carbocycles. The number of hydrogen-bond acceptors (Lipinski definition) is 4. The van der Waals surface area contributed by atoms with Crippen LogP contribution in [-0.2, 0) is 4.74 Å². The minimum atomic E-state index is -0.335. The highest BCUT2D eigenvalue weighted by Gasteiger charge is 2.36. The van der Waals surface area contributed by atoms with Gasteiger partial charge in [-0.05, 0) is 55.7 Å². The number of H-pyrrole nitrogens is 1. The van der Waals surface area contributed by atoms with Gasteiger partial charge in [0.2, 0.25) is 0 Å². The Morgan fingerprint density at radius 1 is 1.19 bits per heavy atom. The SMILES string of the molecule is Cc1ccc(F)c2cc(C(=O)Nc3cccc(N4CCC5(CC4)COCCN5)c3)[nH]c12. The molecule has 0 aliphatic carbocycles. The summed E-state index contributed by atoms with van der Waals surface area (Å²) < 4.78 is 19.8. The summed E-state index contributed by atoms with van der Waals surface area (Å²) in [6, 6.07) is 12.6. The van der Waals surface area contributed by atoms with Crippen molar-refractivity contribution in [2.45, 2.75) is 25.3 Å². The molecule has 2 fully saturated rings. The van der Waals surface area contributed by atoms with Crippen LogP contribution in [0.4, 0.5) is 15.8 Å². The minimum absolute atomic E-state index is 0.101. The second kappa shape index (κ2) is 7.98. The first kappa shape index (κ1) is 20.0. The zero-order valence-corrected chi connectivity index (χ0v) is 17.6. The number of fused-ring (bicyclic) bond motifs is 1. The minimum Gasteiger partial charge on any atom is -0.378 e. The lowest BCUT2D eigenvalue weighted by molar-refractivity contribution is 0.0157. The second-order valence-electron chi connectivity index (χ2n) is 8.59. The molecule has 2 aliphatic heterocycles. The van der Waals surface area contributed by atoms with Gasteiger partial charge in [0, 0.05) is 41.9 Å². The predicted octanol–water partition coefficient (Wildman–Crippen LogP) is 3.83. The first-order valence-electron chi connectivity index (χ1n) is 10.8. The fourth-order valence-corrected chi connectivity index (χ4v) is 4.65. The zero-order valence-electron chi connectivity index (χ0n) is 17.6. The first-order chi connectivity index (χ1) is 15.0. The van der Waals surface area contributed by atoms with Gasteiger partial charge < -0.3 is 25.3 Å². The zero-order chi connectivity index (χ0) is 21.4. The molecule has 6 nitrogen and oxygen atoms in total. The number of aromatic nitrogens is 1. The molecule has 1 amide bonds. The quantitative estimate of drug-likeness (QED) is 0.600. The summed E-state index contributed by atoms with van der Waals surface area (Å²) in [6.07, 6.45) is 2.06. The van der Waals surface area contributed by atoms with Crippen molar-refractivity contribution in [1.29, 1.82) is 0 Å². The van der Waals surface area contributed by atoms with E-state index in [1.54, 1.807) is 12.1 Å². The van der Waals surface area contributed by atoms with E-state index in [9.17, 15) is 9.18 Å². The Hall–Kier alpha value is -2.90. The van der Waals surface area contributed by atoms with E-state index in [1.807, 2.05) is 25.1 Å². The van der Waals surface area contributed by atoms with Gasteiger partial charge in [0.05, 0.1) is 18.7 Å². The summed E-state index contributed by atoms with van der Waals surface area (Å²) in [7, 11) is 0. The van der Waals surface area contributed by atoms with Gasteiger partial charge in [-0.1, -0.05) is 12.1 Å². The van der Waals surface area contributed by atoms with Crippen molar-refractivity contribution in [2.24, 2.45) is 0 Å². The van der Waals surface area contributed by atoms with Crippen molar-refractivity contribution < 1.29 is 13.9 Å². The Balaban J connectivity index is 1.29. The van der Waals surface area contributed by atoms with Crippen LogP contribution < -0.4 is 15.5 Å². The molecule has 7 heteroatoms. The van der Waals surface area contributed by atoms with E-state index in [1.165, 1.54) is 6.07 Å². The van der Waals surface area contributed by atoms with E-state index < -0.39 is 0 Å². The van der Waals surface area contributed by atoms with E-state index >= 15 is 0 Å². The van der Waals surface area contributed by atoms with E-state index in [0.717, 1.165) is 62.6 Å². The number of carbonyl (C=O) groups is 1. The number of piperidine rings is 1. The smallest absolute Gasteiger partial charge is 0.272 e. The van der Waals surface area contributed by atoms with Crippen LogP contribution in [-0.4, -0.2) is 49.3 Å². The lowest BCUT2D eigenvalue weighted by Gasteiger charge is -2.45. The third kappa shape index (κ3) is 3.91. The van der Waals surface area contributed by atoms with Crippen molar-refractivity contribution in [1.82, 2.24) is 10.3 Å². The van der Waals surface area contributed by atoms with Crippen molar-refractivity contribution in [3.63, 3.8) is 0 Å². The Morgan fingerprint density at radius 3 is 2.77 bits per heavy atom. The van der Waals surface area contributed by atoms with Crippen molar-refractivity contribution in [2.75, 3.05) is 43.1 Å². The van der Waals surface area contributed by atoms with Crippen molar-refractivity contribution >= 4 is 28.2 Å². The van der Waals surface area contributed by atoms with E-state index in [-0.39, 0.29) is 17.3 Å². The van der Waals surface area contributed by atoms with Crippen LogP contribution >= 0.6 is 0 Å². The number of carbonyl (C=O) groups excluding carboxylic acids is 1. The number of halogens is 1. The largest absolute Gasteiger partial charge is 0.378 e. The Morgan fingerprint density at radius 2 is 2.03 bits per heavy atom. The highest BCUT2D eigenvalue weighted by molar-refractivity contribution is 6.06. The fourth-order valence-electron chi connectivity index (χ4n) is 4.65. The molecule has 0 unspecified atom stereocenters. The van der Waals surface area contributed by atoms with Crippen LogP contribution in [0.25, 0.3) is 10.9 Å². The molecule has 1 aromatic heterocycles. The van der Waals surface area contributed by atoms with E-state index in [2.05, 4.69) is 26.6 Å². The van der Waals surface area contributed by atoms with Gasteiger partial charge in [-0.25, -0.2) is 4.39 Å². The van der Waals surface area contributed by atoms with E-state index in [0.29, 0.717) is 16.6 Å². The van der Waals surface area contributed by atoms with Gasteiger partial charge in [-0.2, -0.15) is 0 Å². The van der Waals surface area contributed by atoms with Crippen molar-refractivity contribution in [3.8, 4) is 0 Å². The molecular weight excluding hydrogens is 395 g/mol. The van der Waals surface area contributed by atoms with Gasteiger partial charge in [0.15, 0.2) is 0 Å². The number of morpholine rings is 1. The molecule has 1 spiro atoms. The summed E-state index contributed by atoms with van der Waals surface area (Å²) in [6.45, 7) is 6.25. The van der Waals surface area contributed by atoms with Crippen LogP contribution in [0.1, 0.15) is 28.9 Å². The van der Waals surface area contributed by atoms with Gasteiger partial charge in [-0.3, -0.25) is 4.79 Å². The van der Waals surface area contributed by atoms with Gasteiger partial charge in [0.1, 0.15) is 11.5 Å². The van der Waals surface area contributed by atoms with Crippen molar-refractivity contribution in [3.05, 3.63) is 59.5 Å². The molecule has 0 bridgehead atoms. The predicted molar refractivity (Wildman–Crippen MR) is 120 cm³/mol. The standard InChI is InChI=1S/C24H27FN4O2/c1-16-5-6-20(25)19-14-21(28-22(16)19)23(30)27-17-3-2-4-18(13-17)29-10-7-24(8-11-29)15-31-12-9-26-24/h2-6,13-14,26,28H,7-12,15H2,1H3,(H,27,30). The lowest BCUT2D eigenvalue weighted by atomic mass is 9.87. The molecule has 5 rings (SSSR count). The summed E-state index contributed by atoms with van der Waals surface area (Å²) in [5, 5.41) is 7.02.